The number of hydrogen-bond acceptors (Lipinski definition) is 5. The number of ether oxygens (including phenoxy) is 1. The lowest BCUT2D eigenvalue weighted by atomic mass is 9.92. The van der Waals surface area contributed by atoms with Crippen molar-refractivity contribution < 1.29 is 19.1 Å². The van der Waals surface area contributed by atoms with E-state index in [0.29, 0.717) is 24.6 Å². The minimum absolute atomic E-state index is 0.138. The molecule has 2 saturated carbocycles. The quantitative estimate of drug-likeness (QED) is 0.734. The minimum Gasteiger partial charge on any atom is -0.489 e. The molecule has 0 spiro atoms. The van der Waals surface area contributed by atoms with Crippen molar-refractivity contribution in [2.24, 2.45) is 11.8 Å². The molecule has 4 fully saturated rings. The van der Waals surface area contributed by atoms with Gasteiger partial charge in [0, 0.05) is 37.7 Å². The number of nitrogens with zero attached hydrogens (tertiary/aromatic N) is 2. The van der Waals surface area contributed by atoms with Crippen molar-refractivity contribution in [3.05, 3.63) is 29.3 Å². The predicted molar refractivity (Wildman–Crippen MR) is 112 cm³/mol. The van der Waals surface area contributed by atoms with Gasteiger partial charge in [0.1, 0.15) is 17.9 Å². The predicted octanol–water partition coefficient (Wildman–Crippen LogP) is 2.09. The number of hydrogen-bond donors (Lipinski definition) is 1. The smallest absolute Gasteiger partial charge is 0.255 e. The molecule has 0 bridgehead atoms. The third kappa shape index (κ3) is 3.43. The molecule has 31 heavy (non-hydrogen) atoms. The Morgan fingerprint density at radius 3 is 2.58 bits per heavy atom. The first-order valence-corrected chi connectivity index (χ1v) is 11.7. The number of carbonyl (C=O) groups excluding carboxylic acids is 3. The Morgan fingerprint density at radius 2 is 1.81 bits per heavy atom. The first kappa shape index (κ1) is 19.3. The van der Waals surface area contributed by atoms with E-state index in [1.807, 2.05) is 18.2 Å². The van der Waals surface area contributed by atoms with Crippen molar-refractivity contribution in [2.45, 2.75) is 69.7 Å². The van der Waals surface area contributed by atoms with Gasteiger partial charge in [0.2, 0.25) is 11.8 Å². The summed E-state index contributed by atoms with van der Waals surface area (Å²) in [4.78, 5) is 40.7. The molecule has 1 N–H and O–H groups in total. The molecule has 3 heterocycles. The summed E-state index contributed by atoms with van der Waals surface area (Å²) in [6.07, 6.45) is 7.19. The highest BCUT2D eigenvalue weighted by molar-refractivity contribution is 6.05. The average molecular weight is 424 g/mol. The molecule has 6 rings (SSSR count). The second-order valence-electron chi connectivity index (χ2n) is 9.92. The van der Waals surface area contributed by atoms with Crippen LogP contribution in [0.3, 0.4) is 0 Å². The third-order valence-electron chi connectivity index (χ3n) is 7.90. The monoisotopic (exact) mass is 423 g/mol. The van der Waals surface area contributed by atoms with Gasteiger partial charge in [-0.2, -0.15) is 0 Å². The third-order valence-corrected chi connectivity index (χ3v) is 7.90. The summed E-state index contributed by atoms with van der Waals surface area (Å²) >= 11 is 0. The van der Waals surface area contributed by atoms with Gasteiger partial charge < -0.3 is 9.64 Å². The van der Waals surface area contributed by atoms with E-state index < -0.39 is 6.04 Å². The van der Waals surface area contributed by atoms with E-state index in [9.17, 15) is 14.4 Å². The fourth-order valence-corrected chi connectivity index (χ4v) is 5.95. The van der Waals surface area contributed by atoms with Crippen molar-refractivity contribution in [2.75, 3.05) is 13.1 Å². The Labute approximate surface area is 182 Å². The highest BCUT2D eigenvalue weighted by Gasteiger charge is 2.45. The number of likely N-dealkylation sites (tertiary alicyclic amines) is 1. The van der Waals surface area contributed by atoms with Crippen molar-refractivity contribution in [3.63, 3.8) is 0 Å². The topological polar surface area (TPSA) is 79.0 Å². The SMILES string of the molecule is O=C1CCC(N2Cc3cc(O[C@H]4CCC[C@@H]4N4CC(C5CC5)C4)ccc3C2=O)C(=O)N1. The Kier molecular flexibility index (Phi) is 4.56. The van der Waals surface area contributed by atoms with Gasteiger partial charge in [0.05, 0.1) is 0 Å². The molecule has 5 aliphatic rings. The van der Waals surface area contributed by atoms with Crippen LogP contribution in [0.4, 0.5) is 0 Å². The fourth-order valence-electron chi connectivity index (χ4n) is 5.95. The zero-order valence-corrected chi connectivity index (χ0v) is 17.7. The maximum absolute atomic E-state index is 12.9. The van der Waals surface area contributed by atoms with Gasteiger partial charge in [-0.15, -0.1) is 0 Å². The van der Waals surface area contributed by atoms with Crippen LogP contribution in [0, 0.1) is 11.8 Å². The molecule has 3 aliphatic heterocycles. The Balaban J connectivity index is 1.12. The fraction of sp³-hybridized carbons (Fsp3) is 0.625. The number of piperidine rings is 1. The van der Waals surface area contributed by atoms with E-state index in [0.717, 1.165) is 29.6 Å². The normalized spacial score (nSPS) is 31.5. The molecule has 7 heteroatoms. The molecule has 2 aliphatic carbocycles. The molecule has 0 aromatic heterocycles. The summed E-state index contributed by atoms with van der Waals surface area (Å²) in [5.74, 6) is 1.93. The van der Waals surface area contributed by atoms with Crippen molar-refractivity contribution in [3.8, 4) is 5.75 Å². The van der Waals surface area contributed by atoms with Crippen LogP contribution in [0.2, 0.25) is 0 Å². The molecule has 1 aromatic carbocycles. The molecule has 164 valence electrons. The summed E-state index contributed by atoms with van der Waals surface area (Å²) in [7, 11) is 0. The number of nitrogens with one attached hydrogen (secondary N) is 1. The second-order valence-corrected chi connectivity index (χ2v) is 9.92. The molecule has 3 atom stereocenters. The van der Waals surface area contributed by atoms with Gasteiger partial charge in [-0.25, -0.2) is 0 Å². The number of rotatable bonds is 5. The first-order valence-electron chi connectivity index (χ1n) is 11.7. The number of carbonyl (C=O) groups is 3. The zero-order chi connectivity index (χ0) is 21.1. The summed E-state index contributed by atoms with van der Waals surface area (Å²) in [6.45, 7) is 2.85. The molecular weight excluding hydrogens is 394 g/mol. The summed E-state index contributed by atoms with van der Waals surface area (Å²) in [5, 5.41) is 2.35. The van der Waals surface area contributed by atoms with Gasteiger partial charge in [-0.1, -0.05) is 0 Å². The lowest BCUT2D eigenvalue weighted by Crippen LogP contribution is -2.56. The molecule has 1 unspecified atom stereocenters. The molecular formula is C24H29N3O4. The van der Waals surface area contributed by atoms with E-state index in [1.165, 1.54) is 38.8 Å². The molecule has 0 radical (unpaired) electrons. The van der Waals surface area contributed by atoms with Gasteiger partial charge in [0.15, 0.2) is 0 Å². The van der Waals surface area contributed by atoms with E-state index in [-0.39, 0.29) is 30.2 Å². The highest BCUT2D eigenvalue weighted by Crippen LogP contribution is 2.44. The van der Waals surface area contributed by atoms with E-state index in [4.69, 9.17) is 4.74 Å². The molecule has 1 aromatic rings. The second kappa shape index (κ2) is 7.33. The highest BCUT2D eigenvalue weighted by atomic mass is 16.5. The largest absolute Gasteiger partial charge is 0.489 e. The Bertz CT molecular complexity index is 937. The summed E-state index contributed by atoms with van der Waals surface area (Å²) < 4.78 is 6.44. The average Bonchev–Trinajstić information content (AvgIpc) is 3.36. The Morgan fingerprint density at radius 1 is 0.968 bits per heavy atom. The van der Waals surface area contributed by atoms with Gasteiger partial charge >= 0.3 is 0 Å². The number of fused-ring (bicyclic) bond motifs is 1. The maximum atomic E-state index is 12.9. The summed E-state index contributed by atoms with van der Waals surface area (Å²) in [5.41, 5.74) is 1.54. The van der Waals surface area contributed by atoms with Crippen LogP contribution in [-0.4, -0.2) is 58.8 Å². The number of imide groups is 1. The molecule has 2 saturated heterocycles. The zero-order valence-electron chi connectivity index (χ0n) is 17.7. The standard InChI is InChI=1S/C24H29N3O4/c28-22-9-8-20(23(29)25-22)27-13-15-10-17(6-7-18(15)24(27)30)31-21-3-1-2-19(21)26-11-16(12-26)14-4-5-14/h6-7,10,14,16,19-21H,1-5,8-9,11-13H2,(H,25,28,29)/t19-,20?,21-/m0/s1. The van der Waals surface area contributed by atoms with Crippen LogP contribution in [0.15, 0.2) is 18.2 Å². The van der Waals surface area contributed by atoms with E-state index in [1.54, 1.807) is 4.90 Å². The van der Waals surface area contributed by atoms with Crippen molar-refractivity contribution in [1.82, 2.24) is 15.1 Å². The number of benzene rings is 1. The minimum atomic E-state index is -0.577. The van der Waals surface area contributed by atoms with Crippen LogP contribution in [0.5, 0.6) is 5.75 Å². The first-order chi connectivity index (χ1) is 15.1. The summed E-state index contributed by atoms with van der Waals surface area (Å²) in [6, 6.07) is 5.62. The van der Waals surface area contributed by atoms with Crippen LogP contribution in [0.25, 0.3) is 0 Å². The Hall–Kier alpha value is -2.41. The maximum Gasteiger partial charge on any atom is 0.255 e. The lowest BCUT2D eigenvalue weighted by molar-refractivity contribution is -0.136. The lowest BCUT2D eigenvalue weighted by Gasteiger charge is -2.45. The van der Waals surface area contributed by atoms with Gasteiger partial charge in [-0.3, -0.25) is 24.6 Å². The van der Waals surface area contributed by atoms with Crippen LogP contribution < -0.4 is 10.1 Å². The van der Waals surface area contributed by atoms with E-state index in [2.05, 4.69) is 10.2 Å². The van der Waals surface area contributed by atoms with Crippen LogP contribution in [0.1, 0.15) is 60.9 Å². The van der Waals surface area contributed by atoms with Crippen molar-refractivity contribution in [1.29, 1.82) is 0 Å². The van der Waals surface area contributed by atoms with Gasteiger partial charge in [-0.05, 0) is 74.1 Å². The molecule has 7 nitrogen and oxygen atoms in total. The van der Waals surface area contributed by atoms with Gasteiger partial charge in [0.25, 0.3) is 5.91 Å². The van der Waals surface area contributed by atoms with Crippen LogP contribution in [-0.2, 0) is 16.1 Å². The number of amides is 3. The van der Waals surface area contributed by atoms with E-state index >= 15 is 0 Å². The van der Waals surface area contributed by atoms with Crippen LogP contribution >= 0.6 is 0 Å². The molecule has 3 amide bonds. The van der Waals surface area contributed by atoms with Crippen molar-refractivity contribution >= 4 is 17.7 Å².